The Labute approximate surface area is 79.3 Å². The number of rotatable bonds is 4. The second-order valence-electron chi connectivity index (χ2n) is 3.72. The lowest BCUT2D eigenvalue weighted by molar-refractivity contribution is 0.182. The van der Waals surface area contributed by atoms with Crippen LogP contribution in [0.15, 0.2) is 0 Å². The Morgan fingerprint density at radius 1 is 1.54 bits per heavy atom. The molecule has 1 rings (SSSR count). The summed E-state index contributed by atoms with van der Waals surface area (Å²) >= 11 is 0. The van der Waals surface area contributed by atoms with Crippen LogP contribution in [0.1, 0.15) is 32.6 Å². The molecule has 0 heterocycles. The summed E-state index contributed by atoms with van der Waals surface area (Å²) in [6.45, 7) is 3.31. The SMILES string of the molecule is CCCNC(=O)NC1(CN)CCC1. The molecule has 4 N–H and O–H groups in total. The van der Waals surface area contributed by atoms with Crippen LogP contribution in [0.3, 0.4) is 0 Å². The second kappa shape index (κ2) is 4.46. The average Bonchev–Trinajstić information content (AvgIpc) is 2.08. The number of nitrogens with one attached hydrogen (secondary N) is 2. The van der Waals surface area contributed by atoms with Crippen molar-refractivity contribution in [2.45, 2.75) is 38.1 Å². The van der Waals surface area contributed by atoms with Crippen LogP contribution in [0.25, 0.3) is 0 Å². The Morgan fingerprint density at radius 3 is 2.62 bits per heavy atom. The minimum Gasteiger partial charge on any atom is -0.338 e. The first-order valence-electron chi connectivity index (χ1n) is 4.98. The van der Waals surface area contributed by atoms with Crippen molar-refractivity contribution in [3.63, 3.8) is 0 Å². The number of hydrogen-bond acceptors (Lipinski definition) is 2. The van der Waals surface area contributed by atoms with Crippen LogP contribution < -0.4 is 16.4 Å². The maximum absolute atomic E-state index is 11.3. The fourth-order valence-electron chi connectivity index (χ4n) is 1.51. The van der Waals surface area contributed by atoms with Gasteiger partial charge in [-0.25, -0.2) is 4.79 Å². The number of nitrogens with two attached hydrogens (primary N) is 1. The van der Waals surface area contributed by atoms with Crippen molar-refractivity contribution in [1.82, 2.24) is 10.6 Å². The Morgan fingerprint density at radius 2 is 2.23 bits per heavy atom. The molecule has 1 aliphatic carbocycles. The van der Waals surface area contributed by atoms with E-state index in [9.17, 15) is 4.79 Å². The Bertz CT molecular complexity index is 172. The fourth-order valence-corrected chi connectivity index (χ4v) is 1.51. The van der Waals surface area contributed by atoms with Crippen LogP contribution in [0.2, 0.25) is 0 Å². The first-order valence-corrected chi connectivity index (χ1v) is 4.98. The third-order valence-electron chi connectivity index (χ3n) is 2.62. The standard InChI is InChI=1S/C9H19N3O/c1-2-6-11-8(13)12-9(7-10)4-3-5-9/h2-7,10H2,1H3,(H2,11,12,13). The molecule has 2 amide bonds. The molecule has 0 unspecified atom stereocenters. The lowest BCUT2D eigenvalue weighted by Gasteiger charge is -2.41. The van der Waals surface area contributed by atoms with Gasteiger partial charge in [-0.3, -0.25) is 0 Å². The van der Waals surface area contributed by atoms with Crippen molar-refractivity contribution in [2.75, 3.05) is 13.1 Å². The molecular weight excluding hydrogens is 166 g/mol. The number of urea groups is 1. The average molecular weight is 185 g/mol. The van der Waals surface area contributed by atoms with Gasteiger partial charge in [0.1, 0.15) is 0 Å². The van der Waals surface area contributed by atoms with E-state index in [-0.39, 0.29) is 11.6 Å². The van der Waals surface area contributed by atoms with Gasteiger partial charge in [0.2, 0.25) is 0 Å². The Kier molecular flexibility index (Phi) is 3.54. The molecule has 0 aromatic heterocycles. The lowest BCUT2D eigenvalue weighted by Crippen LogP contribution is -2.60. The summed E-state index contributed by atoms with van der Waals surface area (Å²) in [4.78, 5) is 11.3. The van der Waals surface area contributed by atoms with E-state index in [0.717, 1.165) is 25.8 Å². The third-order valence-corrected chi connectivity index (χ3v) is 2.62. The van der Waals surface area contributed by atoms with Crippen LogP contribution in [0, 0.1) is 0 Å². The Hall–Kier alpha value is -0.770. The van der Waals surface area contributed by atoms with E-state index in [2.05, 4.69) is 10.6 Å². The highest BCUT2D eigenvalue weighted by molar-refractivity contribution is 5.74. The maximum atomic E-state index is 11.3. The van der Waals surface area contributed by atoms with E-state index in [4.69, 9.17) is 5.73 Å². The van der Waals surface area contributed by atoms with Gasteiger partial charge < -0.3 is 16.4 Å². The van der Waals surface area contributed by atoms with Crippen molar-refractivity contribution in [3.05, 3.63) is 0 Å². The molecule has 0 bridgehead atoms. The molecule has 0 aromatic carbocycles. The summed E-state index contributed by atoms with van der Waals surface area (Å²) < 4.78 is 0. The van der Waals surface area contributed by atoms with E-state index in [1.54, 1.807) is 0 Å². The molecule has 1 saturated carbocycles. The van der Waals surface area contributed by atoms with E-state index >= 15 is 0 Å². The largest absolute Gasteiger partial charge is 0.338 e. The van der Waals surface area contributed by atoms with Crippen molar-refractivity contribution in [1.29, 1.82) is 0 Å². The van der Waals surface area contributed by atoms with Gasteiger partial charge >= 0.3 is 6.03 Å². The predicted molar refractivity (Wildman–Crippen MR) is 52.5 cm³/mol. The number of amides is 2. The summed E-state index contributed by atoms with van der Waals surface area (Å²) in [5, 5.41) is 5.72. The quantitative estimate of drug-likeness (QED) is 0.599. The van der Waals surface area contributed by atoms with Gasteiger partial charge in [-0.15, -0.1) is 0 Å². The summed E-state index contributed by atoms with van der Waals surface area (Å²) in [6.07, 6.45) is 4.17. The van der Waals surface area contributed by atoms with Crippen LogP contribution in [0.5, 0.6) is 0 Å². The third kappa shape index (κ3) is 2.59. The number of carbonyl (C=O) groups is 1. The fraction of sp³-hybridized carbons (Fsp3) is 0.889. The molecule has 76 valence electrons. The summed E-state index contributed by atoms with van der Waals surface area (Å²) in [6, 6.07) is -0.0769. The molecule has 0 atom stereocenters. The van der Waals surface area contributed by atoms with Crippen molar-refractivity contribution >= 4 is 6.03 Å². The van der Waals surface area contributed by atoms with Crippen molar-refractivity contribution < 1.29 is 4.79 Å². The lowest BCUT2D eigenvalue weighted by atomic mass is 9.77. The zero-order chi connectivity index (χ0) is 9.73. The molecule has 4 heteroatoms. The second-order valence-corrected chi connectivity index (χ2v) is 3.72. The van der Waals surface area contributed by atoms with Gasteiger partial charge in [-0.2, -0.15) is 0 Å². The zero-order valence-corrected chi connectivity index (χ0v) is 8.23. The highest BCUT2D eigenvalue weighted by Crippen LogP contribution is 2.30. The van der Waals surface area contributed by atoms with Gasteiger partial charge in [0, 0.05) is 13.1 Å². The van der Waals surface area contributed by atoms with E-state index in [1.807, 2.05) is 6.92 Å². The first-order chi connectivity index (χ1) is 6.22. The smallest absolute Gasteiger partial charge is 0.315 e. The van der Waals surface area contributed by atoms with Crippen LogP contribution in [-0.4, -0.2) is 24.7 Å². The van der Waals surface area contributed by atoms with Gasteiger partial charge in [0.15, 0.2) is 0 Å². The van der Waals surface area contributed by atoms with Crippen molar-refractivity contribution in [2.24, 2.45) is 5.73 Å². The monoisotopic (exact) mass is 185 g/mol. The van der Waals surface area contributed by atoms with E-state index < -0.39 is 0 Å². The summed E-state index contributed by atoms with van der Waals surface area (Å²) in [5.74, 6) is 0. The molecule has 0 spiro atoms. The van der Waals surface area contributed by atoms with E-state index in [1.165, 1.54) is 6.42 Å². The first kappa shape index (κ1) is 10.3. The summed E-state index contributed by atoms with van der Waals surface area (Å²) in [7, 11) is 0. The van der Waals surface area contributed by atoms with E-state index in [0.29, 0.717) is 6.54 Å². The highest BCUT2D eigenvalue weighted by Gasteiger charge is 2.36. The van der Waals surface area contributed by atoms with Crippen LogP contribution >= 0.6 is 0 Å². The minimum atomic E-state index is -0.0994. The van der Waals surface area contributed by atoms with Crippen molar-refractivity contribution in [3.8, 4) is 0 Å². The molecular formula is C9H19N3O. The maximum Gasteiger partial charge on any atom is 0.315 e. The molecule has 13 heavy (non-hydrogen) atoms. The number of hydrogen-bond donors (Lipinski definition) is 3. The van der Waals surface area contributed by atoms with Crippen LogP contribution in [0.4, 0.5) is 4.79 Å². The highest BCUT2D eigenvalue weighted by atomic mass is 16.2. The Balaban J connectivity index is 2.25. The zero-order valence-electron chi connectivity index (χ0n) is 8.23. The molecule has 0 radical (unpaired) electrons. The predicted octanol–water partition coefficient (Wildman–Crippen LogP) is 0.577. The van der Waals surface area contributed by atoms with Gasteiger partial charge in [-0.1, -0.05) is 6.92 Å². The van der Waals surface area contributed by atoms with Gasteiger partial charge in [-0.05, 0) is 25.7 Å². The molecule has 4 nitrogen and oxygen atoms in total. The molecule has 1 aliphatic rings. The van der Waals surface area contributed by atoms with Gasteiger partial charge in [0.05, 0.1) is 5.54 Å². The normalized spacial score (nSPS) is 18.9. The summed E-state index contributed by atoms with van der Waals surface area (Å²) in [5.41, 5.74) is 5.50. The molecule has 0 aromatic rings. The minimum absolute atomic E-state index is 0.0769. The molecule has 1 fully saturated rings. The number of carbonyl (C=O) groups excluding carboxylic acids is 1. The molecule has 0 saturated heterocycles. The topological polar surface area (TPSA) is 67.2 Å². The van der Waals surface area contributed by atoms with Crippen LogP contribution in [-0.2, 0) is 0 Å². The molecule has 0 aliphatic heterocycles. The van der Waals surface area contributed by atoms with Gasteiger partial charge in [0.25, 0.3) is 0 Å².